The molecule has 0 radical (unpaired) electrons. The first-order chi connectivity index (χ1) is 18.7. The van der Waals surface area contributed by atoms with Crippen LogP contribution in [0.2, 0.25) is 10.6 Å². The minimum absolute atomic E-state index is 0.298. The van der Waals surface area contributed by atoms with Crippen LogP contribution in [0, 0.1) is 0 Å². The molecule has 2 N–H and O–H groups in total. The van der Waals surface area contributed by atoms with Gasteiger partial charge in [-0.1, -0.05) is 60.7 Å². The molecule has 2 aromatic heterocycles. The zero-order valence-electron chi connectivity index (χ0n) is 20.9. The van der Waals surface area contributed by atoms with E-state index in [1.165, 1.54) is 11.1 Å². The lowest BCUT2D eigenvalue weighted by Crippen LogP contribution is -2.46. The summed E-state index contributed by atoms with van der Waals surface area (Å²) in [6.45, 7) is 5.49. The van der Waals surface area contributed by atoms with Crippen LogP contribution >= 0.6 is 23.2 Å². The summed E-state index contributed by atoms with van der Waals surface area (Å²) < 4.78 is 0. The first kappa shape index (κ1) is 26.3. The average molecular weight is 550 g/mol. The van der Waals surface area contributed by atoms with Gasteiger partial charge in [-0.25, -0.2) is 19.9 Å². The molecule has 2 fully saturated rings. The van der Waals surface area contributed by atoms with Gasteiger partial charge >= 0.3 is 0 Å². The smallest absolute Gasteiger partial charge is 0.224 e. The summed E-state index contributed by atoms with van der Waals surface area (Å²) in [5, 5.41) is 7.66. The molecular weight excluding hydrogens is 519 g/mol. The molecule has 0 amide bonds. The van der Waals surface area contributed by atoms with Crippen LogP contribution in [0.15, 0.2) is 85.2 Å². The van der Waals surface area contributed by atoms with Gasteiger partial charge in [0, 0.05) is 63.7 Å². The molecule has 2 aromatic carbocycles. The second-order valence-electron chi connectivity index (χ2n) is 9.09. The average Bonchev–Trinajstić information content (AvgIpc) is 2.99. The number of nitrogens with zero attached hydrogens (tertiary/aromatic N) is 6. The number of hydrogen-bond acceptors (Lipinski definition) is 8. The van der Waals surface area contributed by atoms with E-state index in [4.69, 9.17) is 23.2 Å². The Kier molecular flexibility index (Phi) is 8.98. The Balaban J connectivity index is 0.000000155. The standard InChI is InChI=1S/2C14H15ClN4/c2*15-14-17-7-6-13(18-14)19-9-8-16-12(10-19)11-4-2-1-3-5-11/h2*1-7,12,16H,8-10H2. The number of anilines is 2. The molecule has 0 bridgehead atoms. The molecule has 2 aliphatic heterocycles. The summed E-state index contributed by atoms with van der Waals surface area (Å²) in [7, 11) is 0. The van der Waals surface area contributed by atoms with E-state index in [9.17, 15) is 0 Å². The van der Waals surface area contributed by atoms with Crippen molar-refractivity contribution in [1.82, 2.24) is 30.6 Å². The van der Waals surface area contributed by atoms with Gasteiger partial charge in [-0.15, -0.1) is 0 Å². The van der Waals surface area contributed by atoms with Gasteiger partial charge in [0.05, 0.1) is 0 Å². The SMILES string of the molecule is Clc1nccc(N2CCNC(c3ccccc3)C2)n1.Clc1nccc(N2CCNC(c3ccccc3)C2)n1. The third-order valence-electron chi connectivity index (χ3n) is 6.63. The number of rotatable bonds is 4. The van der Waals surface area contributed by atoms with E-state index in [-0.39, 0.29) is 0 Å². The van der Waals surface area contributed by atoms with Crippen LogP contribution < -0.4 is 20.4 Å². The number of hydrogen-bond donors (Lipinski definition) is 2. The molecular formula is C28H30Cl2N8. The maximum Gasteiger partial charge on any atom is 0.224 e. The Bertz CT molecular complexity index is 1190. The molecule has 2 saturated heterocycles. The van der Waals surface area contributed by atoms with E-state index >= 15 is 0 Å². The van der Waals surface area contributed by atoms with Gasteiger partial charge in [-0.2, -0.15) is 0 Å². The lowest BCUT2D eigenvalue weighted by molar-refractivity contribution is 0.469. The van der Waals surface area contributed by atoms with Gasteiger partial charge < -0.3 is 20.4 Å². The van der Waals surface area contributed by atoms with E-state index in [0.717, 1.165) is 50.9 Å². The number of nitrogens with one attached hydrogen (secondary N) is 2. The molecule has 0 saturated carbocycles. The Hall–Kier alpha value is -3.30. The van der Waals surface area contributed by atoms with Gasteiger partial charge in [0.1, 0.15) is 11.6 Å². The highest BCUT2D eigenvalue weighted by molar-refractivity contribution is 6.28. The molecule has 2 unspecified atom stereocenters. The number of aromatic nitrogens is 4. The van der Waals surface area contributed by atoms with Crippen molar-refractivity contribution in [2.75, 3.05) is 49.1 Å². The summed E-state index contributed by atoms with van der Waals surface area (Å²) in [4.78, 5) is 20.9. The fourth-order valence-corrected chi connectivity index (χ4v) is 5.02. The highest BCUT2D eigenvalue weighted by Crippen LogP contribution is 2.22. The van der Waals surface area contributed by atoms with Crippen molar-refractivity contribution >= 4 is 34.8 Å². The van der Waals surface area contributed by atoms with Crippen LogP contribution in [0.1, 0.15) is 23.2 Å². The minimum atomic E-state index is 0.298. The molecule has 8 nitrogen and oxygen atoms in total. The second kappa shape index (κ2) is 13.0. The molecule has 10 heteroatoms. The molecule has 2 aliphatic rings. The van der Waals surface area contributed by atoms with Crippen molar-refractivity contribution in [3.8, 4) is 0 Å². The molecule has 6 rings (SSSR count). The summed E-state index contributed by atoms with van der Waals surface area (Å²) >= 11 is 11.7. The van der Waals surface area contributed by atoms with E-state index in [0.29, 0.717) is 22.7 Å². The largest absolute Gasteiger partial charge is 0.353 e. The predicted molar refractivity (Wildman–Crippen MR) is 153 cm³/mol. The van der Waals surface area contributed by atoms with Gasteiger partial charge in [0.2, 0.25) is 10.6 Å². The molecule has 0 aliphatic carbocycles. The van der Waals surface area contributed by atoms with Gasteiger partial charge in [-0.05, 0) is 46.5 Å². The number of piperazine rings is 2. The molecule has 0 spiro atoms. The highest BCUT2D eigenvalue weighted by Gasteiger charge is 2.22. The topological polar surface area (TPSA) is 82.1 Å². The lowest BCUT2D eigenvalue weighted by Gasteiger charge is -2.34. The number of benzene rings is 2. The Morgan fingerprint density at radius 2 is 1.03 bits per heavy atom. The third-order valence-corrected chi connectivity index (χ3v) is 6.99. The summed E-state index contributed by atoms with van der Waals surface area (Å²) in [6, 6.07) is 25.4. The second-order valence-corrected chi connectivity index (χ2v) is 9.77. The maximum absolute atomic E-state index is 5.85. The normalized spacial score (nSPS) is 19.4. The van der Waals surface area contributed by atoms with Crippen LogP contribution in [0.5, 0.6) is 0 Å². The quantitative estimate of drug-likeness (QED) is 0.359. The van der Waals surface area contributed by atoms with Crippen molar-refractivity contribution in [3.05, 3.63) is 107 Å². The fraction of sp³-hybridized carbons (Fsp3) is 0.286. The van der Waals surface area contributed by atoms with Crippen molar-refractivity contribution in [3.63, 3.8) is 0 Å². The van der Waals surface area contributed by atoms with E-state index in [1.54, 1.807) is 12.4 Å². The van der Waals surface area contributed by atoms with Gasteiger partial charge in [0.25, 0.3) is 0 Å². The molecule has 4 aromatic rings. The number of halogens is 2. The van der Waals surface area contributed by atoms with Crippen LogP contribution in [0.4, 0.5) is 11.6 Å². The zero-order chi connectivity index (χ0) is 26.2. The molecule has 196 valence electrons. The zero-order valence-corrected chi connectivity index (χ0v) is 22.4. The Labute approximate surface area is 233 Å². The van der Waals surface area contributed by atoms with Crippen LogP contribution in [0.25, 0.3) is 0 Å². The van der Waals surface area contributed by atoms with Crippen molar-refractivity contribution < 1.29 is 0 Å². The minimum Gasteiger partial charge on any atom is -0.353 e. The van der Waals surface area contributed by atoms with Crippen LogP contribution in [0.3, 0.4) is 0 Å². The van der Waals surface area contributed by atoms with Crippen LogP contribution in [-0.4, -0.2) is 59.2 Å². The molecule has 2 atom stereocenters. The van der Waals surface area contributed by atoms with E-state index in [1.807, 2.05) is 24.3 Å². The van der Waals surface area contributed by atoms with Crippen molar-refractivity contribution in [2.24, 2.45) is 0 Å². The molecule has 4 heterocycles. The fourth-order valence-electron chi connectivity index (χ4n) is 4.74. The summed E-state index contributed by atoms with van der Waals surface area (Å²) in [6.07, 6.45) is 3.40. The first-order valence-electron chi connectivity index (χ1n) is 12.7. The van der Waals surface area contributed by atoms with Crippen molar-refractivity contribution in [2.45, 2.75) is 12.1 Å². The van der Waals surface area contributed by atoms with Gasteiger partial charge in [-0.3, -0.25) is 0 Å². The Morgan fingerprint density at radius 3 is 1.42 bits per heavy atom. The summed E-state index contributed by atoms with van der Waals surface area (Å²) in [5.41, 5.74) is 2.60. The highest BCUT2D eigenvalue weighted by atomic mass is 35.5. The van der Waals surface area contributed by atoms with Crippen LogP contribution in [-0.2, 0) is 0 Å². The first-order valence-corrected chi connectivity index (χ1v) is 13.4. The van der Waals surface area contributed by atoms with E-state index in [2.05, 4.69) is 88.9 Å². The van der Waals surface area contributed by atoms with E-state index < -0.39 is 0 Å². The molecule has 38 heavy (non-hydrogen) atoms. The summed E-state index contributed by atoms with van der Waals surface area (Å²) in [5.74, 6) is 1.78. The maximum atomic E-state index is 5.85. The monoisotopic (exact) mass is 548 g/mol. The predicted octanol–water partition coefficient (Wildman–Crippen LogP) is 4.56. The lowest BCUT2D eigenvalue weighted by atomic mass is 10.0. The van der Waals surface area contributed by atoms with Crippen molar-refractivity contribution in [1.29, 1.82) is 0 Å². The third kappa shape index (κ3) is 6.96. The Morgan fingerprint density at radius 1 is 0.605 bits per heavy atom. The van der Waals surface area contributed by atoms with Gasteiger partial charge in [0.15, 0.2) is 0 Å².